The highest BCUT2D eigenvalue weighted by atomic mass is 35.5. The summed E-state index contributed by atoms with van der Waals surface area (Å²) in [5, 5.41) is 3.53. The molecule has 2 amide bonds. The van der Waals surface area contributed by atoms with Crippen LogP contribution in [-0.2, 0) is 6.54 Å². The number of benzene rings is 1. The van der Waals surface area contributed by atoms with Gasteiger partial charge in [-0.25, -0.2) is 4.79 Å². The lowest BCUT2D eigenvalue weighted by molar-refractivity contribution is 0.171. The molecule has 4 rings (SSSR count). The number of amides is 2. The molecule has 0 saturated carbocycles. The second kappa shape index (κ2) is 6.57. The fourth-order valence-corrected chi connectivity index (χ4v) is 4.44. The molecule has 2 saturated heterocycles. The topological polar surface area (TPSA) is 54.0 Å². The number of rotatable bonds is 2. The summed E-state index contributed by atoms with van der Waals surface area (Å²) in [5.74, 6) is 1.24. The van der Waals surface area contributed by atoms with E-state index in [2.05, 4.69) is 17.3 Å². The molecule has 1 aromatic carbocycles. The first kappa shape index (κ1) is 16.8. The van der Waals surface area contributed by atoms with E-state index >= 15 is 0 Å². The van der Waals surface area contributed by atoms with Crippen molar-refractivity contribution in [3.05, 3.63) is 22.7 Å². The average Bonchev–Trinajstić information content (AvgIpc) is 3.19. The molecule has 136 valence electrons. The normalized spacial score (nSPS) is 25.6. The van der Waals surface area contributed by atoms with E-state index in [0.29, 0.717) is 41.7 Å². The largest absolute Gasteiger partial charge is 0.486 e. The number of nitrogens with one attached hydrogen (secondary N) is 1. The Bertz CT molecular complexity index is 684. The highest BCUT2D eigenvalue weighted by molar-refractivity contribution is 6.32. The Hall–Kier alpha value is -1.66. The molecule has 3 heterocycles. The number of carbonyl (C=O) groups excluding carboxylic acids is 1. The lowest BCUT2D eigenvalue weighted by Crippen LogP contribution is -2.40. The van der Waals surface area contributed by atoms with Crippen molar-refractivity contribution in [3.8, 4) is 11.5 Å². The van der Waals surface area contributed by atoms with Crippen LogP contribution < -0.4 is 14.8 Å². The summed E-state index contributed by atoms with van der Waals surface area (Å²) in [6, 6.07) is 3.71. The van der Waals surface area contributed by atoms with Crippen molar-refractivity contribution in [2.75, 3.05) is 46.4 Å². The minimum Gasteiger partial charge on any atom is -0.486 e. The van der Waals surface area contributed by atoms with E-state index in [-0.39, 0.29) is 6.03 Å². The van der Waals surface area contributed by atoms with Gasteiger partial charge in [0.15, 0.2) is 11.5 Å². The van der Waals surface area contributed by atoms with Crippen LogP contribution in [-0.4, -0.2) is 62.3 Å². The molecule has 1 atom stereocenters. The predicted octanol–water partition coefficient (Wildman–Crippen LogP) is 2.35. The van der Waals surface area contributed by atoms with Crippen molar-refractivity contribution in [3.63, 3.8) is 0 Å². The van der Waals surface area contributed by atoms with Crippen LogP contribution in [0.1, 0.15) is 18.4 Å². The zero-order chi connectivity index (χ0) is 17.4. The fourth-order valence-electron chi connectivity index (χ4n) is 4.16. The molecule has 1 aromatic rings. The second-order valence-corrected chi connectivity index (χ2v) is 7.83. The minimum atomic E-state index is -0.00237. The van der Waals surface area contributed by atoms with Gasteiger partial charge < -0.3 is 24.6 Å². The Morgan fingerprint density at radius 2 is 2.04 bits per heavy atom. The zero-order valence-corrected chi connectivity index (χ0v) is 15.3. The van der Waals surface area contributed by atoms with Gasteiger partial charge in [0.25, 0.3) is 0 Å². The molecule has 1 unspecified atom stereocenters. The van der Waals surface area contributed by atoms with Crippen molar-refractivity contribution in [1.82, 2.24) is 15.1 Å². The van der Waals surface area contributed by atoms with Crippen molar-refractivity contribution in [1.29, 1.82) is 0 Å². The van der Waals surface area contributed by atoms with E-state index in [1.165, 1.54) is 6.42 Å². The molecular formula is C18H24ClN3O3. The van der Waals surface area contributed by atoms with Gasteiger partial charge in [-0.15, -0.1) is 0 Å². The van der Waals surface area contributed by atoms with E-state index in [1.807, 2.05) is 17.0 Å². The number of nitrogens with zero attached hydrogens (tertiary/aromatic N) is 2. The summed E-state index contributed by atoms with van der Waals surface area (Å²) in [6.07, 6.45) is 2.28. The molecule has 0 aliphatic carbocycles. The number of carbonyl (C=O) groups is 1. The first-order chi connectivity index (χ1) is 12.0. The molecule has 6 nitrogen and oxygen atoms in total. The standard InChI is InChI=1S/C18H24ClN3O3/c1-21-4-2-18(11-21)3-5-22(12-18)17(23)20-10-13-8-14(19)16-15(9-13)24-6-7-25-16/h8-9H,2-7,10-12H2,1H3,(H,20,23). The van der Waals surface area contributed by atoms with Crippen LogP contribution >= 0.6 is 11.6 Å². The number of fused-ring (bicyclic) bond motifs is 1. The van der Waals surface area contributed by atoms with Gasteiger partial charge in [0.2, 0.25) is 0 Å². The summed E-state index contributed by atoms with van der Waals surface area (Å²) in [5.41, 5.74) is 1.21. The Labute approximate surface area is 153 Å². The molecule has 1 N–H and O–H groups in total. The van der Waals surface area contributed by atoms with Crippen molar-refractivity contribution < 1.29 is 14.3 Å². The Morgan fingerprint density at radius 3 is 2.84 bits per heavy atom. The van der Waals surface area contributed by atoms with Gasteiger partial charge in [-0.3, -0.25) is 0 Å². The van der Waals surface area contributed by atoms with Gasteiger partial charge >= 0.3 is 6.03 Å². The molecule has 3 aliphatic heterocycles. The SMILES string of the molecule is CN1CCC2(CCN(C(=O)NCc3cc(Cl)c4c(c3)OCCO4)C2)C1. The summed E-state index contributed by atoms with van der Waals surface area (Å²) < 4.78 is 11.1. The van der Waals surface area contributed by atoms with E-state index in [0.717, 1.165) is 38.2 Å². The molecule has 0 radical (unpaired) electrons. The molecule has 25 heavy (non-hydrogen) atoms. The Morgan fingerprint density at radius 1 is 1.24 bits per heavy atom. The molecule has 2 fully saturated rings. The molecule has 3 aliphatic rings. The number of ether oxygens (including phenoxy) is 2. The van der Waals surface area contributed by atoms with Crippen LogP contribution in [0, 0.1) is 5.41 Å². The third-order valence-corrected chi connectivity index (χ3v) is 5.74. The van der Waals surface area contributed by atoms with Crippen LogP contribution in [0.2, 0.25) is 5.02 Å². The van der Waals surface area contributed by atoms with E-state index < -0.39 is 0 Å². The van der Waals surface area contributed by atoms with Gasteiger partial charge in [0.05, 0.1) is 5.02 Å². The lowest BCUT2D eigenvalue weighted by atomic mass is 9.86. The highest BCUT2D eigenvalue weighted by Gasteiger charge is 2.43. The number of hydrogen-bond donors (Lipinski definition) is 1. The maximum atomic E-state index is 12.5. The summed E-state index contributed by atoms with van der Waals surface area (Å²) in [6.45, 7) is 5.36. The molecule has 0 aromatic heterocycles. The Balaban J connectivity index is 1.36. The van der Waals surface area contributed by atoms with Gasteiger partial charge in [0, 0.05) is 31.6 Å². The van der Waals surface area contributed by atoms with Gasteiger partial charge in [-0.05, 0) is 44.1 Å². The van der Waals surface area contributed by atoms with Crippen LogP contribution in [0.15, 0.2) is 12.1 Å². The van der Waals surface area contributed by atoms with Crippen LogP contribution in [0.25, 0.3) is 0 Å². The molecule has 7 heteroatoms. The summed E-state index contributed by atoms with van der Waals surface area (Å²) in [7, 11) is 2.16. The number of halogens is 1. The fraction of sp³-hybridized carbons (Fsp3) is 0.611. The molecule has 1 spiro atoms. The maximum absolute atomic E-state index is 12.5. The monoisotopic (exact) mass is 365 g/mol. The number of likely N-dealkylation sites (tertiary alicyclic amines) is 2. The van der Waals surface area contributed by atoms with E-state index in [9.17, 15) is 4.79 Å². The highest BCUT2D eigenvalue weighted by Crippen LogP contribution is 2.39. The van der Waals surface area contributed by atoms with Crippen LogP contribution in [0.5, 0.6) is 11.5 Å². The Kier molecular flexibility index (Phi) is 4.41. The molecular weight excluding hydrogens is 342 g/mol. The third kappa shape index (κ3) is 3.37. The summed E-state index contributed by atoms with van der Waals surface area (Å²) in [4.78, 5) is 16.8. The second-order valence-electron chi connectivity index (χ2n) is 7.42. The number of urea groups is 1. The van der Waals surface area contributed by atoms with Gasteiger partial charge in [-0.1, -0.05) is 11.6 Å². The van der Waals surface area contributed by atoms with E-state index in [4.69, 9.17) is 21.1 Å². The zero-order valence-electron chi connectivity index (χ0n) is 14.5. The van der Waals surface area contributed by atoms with Gasteiger partial charge in [-0.2, -0.15) is 0 Å². The van der Waals surface area contributed by atoms with E-state index in [1.54, 1.807) is 0 Å². The third-order valence-electron chi connectivity index (χ3n) is 5.46. The van der Waals surface area contributed by atoms with Crippen molar-refractivity contribution >= 4 is 17.6 Å². The first-order valence-corrected chi connectivity index (χ1v) is 9.22. The summed E-state index contributed by atoms with van der Waals surface area (Å²) >= 11 is 6.25. The first-order valence-electron chi connectivity index (χ1n) is 8.84. The van der Waals surface area contributed by atoms with Crippen LogP contribution in [0.3, 0.4) is 0 Å². The van der Waals surface area contributed by atoms with Crippen molar-refractivity contribution in [2.24, 2.45) is 5.41 Å². The maximum Gasteiger partial charge on any atom is 0.317 e. The average molecular weight is 366 g/mol. The number of hydrogen-bond acceptors (Lipinski definition) is 4. The quantitative estimate of drug-likeness (QED) is 0.874. The predicted molar refractivity (Wildman–Crippen MR) is 95.4 cm³/mol. The smallest absolute Gasteiger partial charge is 0.317 e. The van der Waals surface area contributed by atoms with Crippen molar-refractivity contribution in [2.45, 2.75) is 19.4 Å². The lowest BCUT2D eigenvalue weighted by Gasteiger charge is -2.24. The molecule has 0 bridgehead atoms. The minimum absolute atomic E-state index is 0.00237. The van der Waals surface area contributed by atoms with Gasteiger partial charge in [0.1, 0.15) is 13.2 Å². The van der Waals surface area contributed by atoms with Crippen LogP contribution in [0.4, 0.5) is 4.79 Å².